The number of alkyl halides is 3. The number of nitrogens with one attached hydrogen (secondary N) is 1. The molecule has 4 bridgehead atoms. The highest BCUT2D eigenvalue weighted by Crippen LogP contribution is 2.61. The predicted molar refractivity (Wildman–Crippen MR) is 156 cm³/mol. The summed E-state index contributed by atoms with van der Waals surface area (Å²) in [6, 6.07) is 17.6. The lowest BCUT2D eigenvalue weighted by molar-refractivity contribution is -0.140. The van der Waals surface area contributed by atoms with E-state index in [9.17, 15) is 22.8 Å². The molecule has 8 rings (SSSR count). The van der Waals surface area contributed by atoms with Gasteiger partial charge in [0.1, 0.15) is 0 Å². The third-order valence-corrected chi connectivity index (χ3v) is 10.2. The number of anilines is 1. The van der Waals surface area contributed by atoms with Gasteiger partial charge in [0.25, 0.3) is 5.91 Å². The Morgan fingerprint density at radius 3 is 2.19 bits per heavy atom. The molecular weight excluding hydrogens is 537 g/mol. The summed E-state index contributed by atoms with van der Waals surface area (Å²) in [7, 11) is 0. The minimum atomic E-state index is -4.42. The van der Waals surface area contributed by atoms with Crippen molar-refractivity contribution in [3.63, 3.8) is 0 Å². The molecule has 4 saturated carbocycles. The highest BCUT2D eigenvalue weighted by atomic mass is 19.4. The third kappa shape index (κ3) is 5.23. The fourth-order valence-electron chi connectivity index (χ4n) is 8.75. The summed E-state index contributed by atoms with van der Waals surface area (Å²) >= 11 is 0. The summed E-state index contributed by atoms with van der Waals surface area (Å²) in [5.74, 6) is 2.47. The van der Waals surface area contributed by atoms with E-state index in [0.717, 1.165) is 47.4 Å². The van der Waals surface area contributed by atoms with E-state index in [2.05, 4.69) is 5.32 Å². The van der Waals surface area contributed by atoms with Crippen LogP contribution in [-0.4, -0.2) is 23.3 Å². The molecule has 3 aromatic rings. The lowest BCUT2D eigenvalue weighted by Gasteiger charge is -2.57. The first-order chi connectivity index (χ1) is 20.1. The molecule has 3 aromatic carbocycles. The van der Waals surface area contributed by atoms with Gasteiger partial charge in [-0.1, -0.05) is 36.4 Å². The van der Waals surface area contributed by atoms with Gasteiger partial charge in [-0.3, -0.25) is 9.59 Å². The Morgan fingerprint density at radius 2 is 1.52 bits per heavy atom. The van der Waals surface area contributed by atoms with E-state index in [1.807, 2.05) is 23.1 Å². The van der Waals surface area contributed by atoms with E-state index in [1.54, 1.807) is 24.3 Å². The Kier molecular flexibility index (Phi) is 6.67. The molecule has 218 valence electrons. The van der Waals surface area contributed by atoms with Crippen LogP contribution in [0.2, 0.25) is 0 Å². The molecule has 42 heavy (non-hydrogen) atoms. The van der Waals surface area contributed by atoms with E-state index in [-0.39, 0.29) is 11.3 Å². The quantitative estimate of drug-likeness (QED) is 0.336. The average Bonchev–Trinajstić information content (AvgIpc) is 2.95. The molecule has 7 heteroatoms. The van der Waals surface area contributed by atoms with Gasteiger partial charge in [0.15, 0.2) is 0 Å². The standard InChI is InChI=1S/C35H35F3N2O2/c36-35(37,38)28-8-5-25(6-9-28)30-3-1-2-4-31(30)33(42)39-29-10-7-27-21-40(12-11-26(27)16-29)32(41)20-34-17-22-13-23(18-34)15-24(14-22)19-34/h1-10,16,22-24H,11-15,17-21H2,(H,39,42). The molecular formula is C35H35F3N2O2. The lowest BCUT2D eigenvalue weighted by atomic mass is 9.49. The van der Waals surface area contributed by atoms with Crippen molar-refractivity contribution in [2.24, 2.45) is 23.2 Å². The number of hydrogen-bond donors (Lipinski definition) is 1. The van der Waals surface area contributed by atoms with E-state index >= 15 is 0 Å². The van der Waals surface area contributed by atoms with Crippen molar-refractivity contribution in [1.29, 1.82) is 0 Å². The van der Waals surface area contributed by atoms with Crippen LogP contribution in [0.25, 0.3) is 11.1 Å². The second kappa shape index (κ2) is 10.3. The number of fused-ring (bicyclic) bond motifs is 1. The Morgan fingerprint density at radius 1 is 0.857 bits per heavy atom. The van der Waals surface area contributed by atoms with E-state index < -0.39 is 11.7 Å². The number of rotatable bonds is 5. The van der Waals surface area contributed by atoms with Crippen LogP contribution >= 0.6 is 0 Å². The zero-order valence-corrected chi connectivity index (χ0v) is 23.6. The van der Waals surface area contributed by atoms with Crippen molar-refractivity contribution < 1.29 is 22.8 Å². The van der Waals surface area contributed by atoms with Crippen LogP contribution in [0.5, 0.6) is 0 Å². The Balaban J connectivity index is 1.02. The lowest BCUT2D eigenvalue weighted by Crippen LogP contribution is -2.48. The first-order valence-corrected chi connectivity index (χ1v) is 15.1. The van der Waals surface area contributed by atoms with Crippen molar-refractivity contribution >= 4 is 17.5 Å². The van der Waals surface area contributed by atoms with Gasteiger partial charge in [-0.15, -0.1) is 0 Å². The summed E-state index contributed by atoms with van der Waals surface area (Å²) in [6.45, 7) is 1.29. The van der Waals surface area contributed by atoms with Gasteiger partial charge in [-0.05, 0) is 121 Å². The van der Waals surface area contributed by atoms with Gasteiger partial charge in [0.2, 0.25) is 5.91 Å². The highest BCUT2D eigenvalue weighted by Gasteiger charge is 2.51. The Labute approximate surface area is 244 Å². The molecule has 1 aliphatic heterocycles. The molecule has 4 aliphatic carbocycles. The largest absolute Gasteiger partial charge is 0.416 e. The number of nitrogens with zero attached hydrogens (tertiary/aromatic N) is 1. The van der Waals surface area contributed by atoms with Crippen LogP contribution in [-0.2, 0) is 23.9 Å². The molecule has 5 aliphatic rings. The number of carbonyl (C=O) groups excluding carboxylic acids is 2. The molecule has 4 fully saturated rings. The maximum absolute atomic E-state index is 13.5. The van der Waals surface area contributed by atoms with Crippen LogP contribution < -0.4 is 5.32 Å². The molecule has 0 saturated heterocycles. The summed E-state index contributed by atoms with van der Waals surface area (Å²) in [5, 5.41) is 2.97. The van der Waals surface area contributed by atoms with Crippen molar-refractivity contribution in [1.82, 2.24) is 4.90 Å². The van der Waals surface area contributed by atoms with Crippen molar-refractivity contribution in [2.45, 2.75) is 64.1 Å². The molecule has 0 unspecified atom stereocenters. The van der Waals surface area contributed by atoms with Crippen LogP contribution in [0, 0.1) is 23.2 Å². The SMILES string of the molecule is O=C(Nc1ccc2c(c1)CCN(C(=O)CC13CC4CC(CC(C4)C1)C3)C2)c1ccccc1-c1ccc(C(F)(F)F)cc1. The van der Waals surface area contributed by atoms with Gasteiger partial charge in [0.05, 0.1) is 5.56 Å². The predicted octanol–water partition coefficient (Wildman–Crippen LogP) is 8.12. The minimum Gasteiger partial charge on any atom is -0.338 e. The molecule has 1 heterocycles. The van der Waals surface area contributed by atoms with E-state index in [0.29, 0.717) is 47.8 Å². The smallest absolute Gasteiger partial charge is 0.338 e. The van der Waals surface area contributed by atoms with Gasteiger partial charge < -0.3 is 10.2 Å². The van der Waals surface area contributed by atoms with Gasteiger partial charge >= 0.3 is 6.18 Å². The van der Waals surface area contributed by atoms with Gasteiger partial charge in [-0.25, -0.2) is 0 Å². The second-order valence-electron chi connectivity index (χ2n) is 13.2. The molecule has 2 amide bonds. The number of benzene rings is 3. The third-order valence-electron chi connectivity index (χ3n) is 10.2. The Hall–Kier alpha value is -3.61. The Bertz CT molecular complexity index is 1490. The average molecular weight is 573 g/mol. The van der Waals surface area contributed by atoms with Crippen LogP contribution in [0.15, 0.2) is 66.7 Å². The maximum Gasteiger partial charge on any atom is 0.416 e. The molecule has 0 radical (unpaired) electrons. The van der Waals surface area contributed by atoms with Gasteiger partial charge in [0, 0.05) is 30.8 Å². The number of carbonyl (C=O) groups is 2. The molecule has 0 aromatic heterocycles. The summed E-state index contributed by atoms with van der Waals surface area (Å²) in [4.78, 5) is 28.8. The summed E-state index contributed by atoms with van der Waals surface area (Å²) in [5.41, 5.74) is 3.90. The molecule has 0 atom stereocenters. The van der Waals surface area contributed by atoms with E-state index in [4.69, 9.17) is 0 Å². The topological polar surface area (TPSA) is 49.4 Å². The fraction of sp³-hybridized carbons (Fsp3) is 0.429. The number of amides is 2. The minimum absolute atomic E-state index is 0.233. The number of halogens is 3. The molecule has 0 spiro atoms. The van der Waals surface area contributed by atoms with Crippen molar-refractivity contribution in [2.75, 3.05) is 11.9 Å². The fourth-order valence-corrected chi connectivity index (χ4v) is 8.75. The molecule has 4 nitrogen and oxygen atoms in total. The van der Waals surface area contributed by atoms with Gasteiger partial charge in [-0.2, -0.15) is 13.2 Å². The normalized spacial score (nSPS) is 26.2. The summed E-state index contributed by atoms with van der Waals surface area (Å²) in [6.07, 6.45) is 4.87. The first kappa shape index (κ1) is 27.2. The van der Waals surface area contributed by atoms with Crippen molar-refractivity contribution in [3.8, 4) is 11.1 Å². The van der Waals surface area contributed by atoms with Crippen LogP contribution in [0.3, 0.4) is 0 Å². The van der Waals surface area contributed by atoms with Crippen LogP contribution in [0.4, 0.5) is 18.9 Å². The molecule has 1 N–H and O–H groups in total. The maximum atomic E-state index is 13.5. The van der Waals surface area contributed by atoms with Crippen molar-refractivity contribution in [3.05, 3.63) is 89.0 Å². The number of hydrogen-bond acceptors (Lipinski definition) is 2. The zero-order chi connectivity index (χ0) is 29.1. The first-order valence-electron chi connectivity index (χ1n) is 15.1. The van der Waals surface area contributed by atoms with E-state index in [1.165, 1.54) is 50.7 Å². The monoisotopic (exact) mass is 572 g/mol. The van der Waals surface area contributed by atoms with Crippen LogP contribution in [0.1, 0.15) is 72.0 Å². The second-order valence-corrected chi connectivity index (χ2v) is 13.2. The summed E-state index contributed by atoms with van der Waals surface area (Å²) < 4.78 is 39.1. The zero-order valence-electron chi connectivity index (χ0n) is 23.6. The highest BCUT2D eigenvalue weighted by molar-refractivity contribution is 6.08.